The molecule has 1 aromatic carbocycles. The molecule has 0 unspecified atom stereocenters. The van der Waals surface area contributed by atoms with Crippen LogP contribution in [0.1, 0.15) is 20.8 Å². The molecule has 2 aromatic rings. The summed E-state index contributed by atoms with van der Waals surface area (Å²) in [5.41, 5.74) is 0.823. The fourth-order valence-corrected chi connectivity index (χ4v) is 3.08. The van der Waals surface area contributed by atoms with Crippen molar-refractivity contribution in [1.29, 1.82) is 0 Å². The van der Waals surface area contributed by atoms with Gasteiger partial charge in [0.1, 0.15) is 0 Å². The minimum atomic E-state index is 0.0319. The average Bonchev–Trinajstić information content (AvgIpc) is 2.84. The molecule has 0 fully saturated rings. The molecular formula is C16H21N3OS2. The molecule has 1 N–H and O–H groups in total. The molecule has 0 saturated heterocycles. The van der Waals surface area contributed by atoms with Crippen LogP contribution in [0, 0.1) is 0 Å². The molecule has 0 aliphatic heterocycles. The fraction of sp³-hybridized carbons (Fsp3) is 0.375. The molecule has 6 heteroatoms. The number of imidazole rings is 1. The van der Waals surface area contributed by atoms with E-state index in [1.54, 1.807) is 29.7 Å². The van der Waals surface area contributed by atoms with E-state index in [0.29, 0.717) is 5.75 Å². The maximum atomic E-state index is 11.9. The van der Waals surface area contributed by atoms with E-state index in [9.17, 15) is 4.79 Å². The number of amides is 1. The molecule has 118 valence electrons. The number of nitrogens with zero attached hydrogens (tertiary/aromatic N) is 2. The monoisotopic (exact) mass is 335 g/mol. The normalized spacial score (nSPS) is 11.5. The number of anilines is 1. The zero-order valence-corrected chi connectivity index (χ0v) is 14.9. The highest BCUT2D eigenvalue weighted by molar-refractivity contribution is 8.01. The van der Waals surface area contributed by atoms with Gasteiger partial charge < -0.3 is 9.88 Å². The first-order valence-corrected chi connectivity index (χ1v) is 8.83. The predicted octanol–water partition coefficient (Wildman–Crippen LogP) is 4.04. The minimum absolute atomic E-state index is 0.0319. The molecule has 0 aliphatic carbocycles. The highest BCUT2D eigenvalue weighted by Crippen LogP contribution is 2.27. The zero-order valence-electron chi connectivity index (χ0n) is 13.3. The second kappa shape index (κ2) is 7.24. The number of carbonyl (C=O) groups excluding carboxylic acids is 1. The molecule has 2 rings (SSSR count). The Kier molecular flexibility index (Phi) is 5.58. The first-order valence-electron chi connectivity index (χ1n) is 7.02. The third kappa shape index (κ3) is 5.42. The molecule has 1 amide bonds. The fourth-order valence-electron chi connectivity index (χ4n) is 1.64. The van der Waals surface area contributed by atoms with Gasteiger partial charge >= 0.3 is 0 Å². The Hall–Kier alpha value is -1.40. The Bertz CT molecular complexity index is 630. The van der Waals surface area contributed by atoms with E-state index >= 15 is 0 Å². The number of thioether (sulfide) groups is 1. The topological polar surface area (TPSA) is 46.9 Å². The summed E-state index contributed by atoms with van der Waals surface area (Å²) in [4.78, 5) is 17.3. The summed E-state index contributed by atoms with van der Waals surface area (Å²) in [7, 11) is 1.97. The summed E-state index contributed by atoms with van der Waals surface area (Å²) in [5, 5.41) is 3.87. The Morgan fingerprint density at radius 3 is 2.50 bits per heavy atom. The lowest BCUT2D eigenvalue weighted by Gasteiger charge is -2.17. The van der Waals surface area contributed by atoms with Gasteiger partial charge in [-0.15, -0.1) is 11.8 Å². The maximum absolute atomic E-state index is 11.9. The summed E-state index contributed by atoms with van der Waals surface area (Å²) in [6.45, 7) is 6.32. The van der Waals surface area contributed by atoms with Crippen molar-refractivity contribution in [3.05, 3.63) is 36.7 Å². The number of benzene rings is 1. The number of aryl methyl sites for hydroxylation is 1. The van der Waals surface area contributed by atoms with E-state index in [4.69, 9.17) is 0 Å². The third-order valence-corrected chi connectivity index (χ3v) is 5.12. The highest BCUT2D eigenvalue weighted by atomic mass is 32.2. The summed E-state index contributed by atoms with van der Waals surface area (Å²) in [6.07, 6.45) is 3.70. The van der Waals surface area contributed by atoms with Crippen molar-refractivity contribution in [3.8, 4) is 0 Å². The molecule has 22 heavy (non-hydrogen) atoms. The molecule has 0 radical (unpaired) electrons. The van der Waals surface area contributed by atoms with Gasteiger partial charge in [0.25, 0.3) is 0 Å². The van der Waals surface area contributed by atoms with Crippen molar-refractivity contribution >= 4 is 35.1 Å². The van der Waals surface area contributed by atoms with Crippen LogP contribution in [-0.4, -0.2) is 26.0 Å². The SMILES string of the molecule is Cn1ccnc1Sc1ccc(NC(=O)CSC(C)(C)C)cc1. The number of hydrogen-bond donors (Lipinski definition) is 1. The lowest BCUT2D eigenvalue weighted by Crippen LogP contribution is -2.18. The van der Waals surface area contributed by atoms with E-state index in [2.05, 4.69) is 31.1 Å². The van der Waals surface area contributed by atoms with Gasteiger partial charge in [-0.05, 0) is 24.3 Å². The molecule has 1 aromatic heterocycles. The van der Waals surface area contributed by atoms with Crippen LogP contribution in [0.25, 0.3) is 0 Å². The predicted molar refractivity (Wildman–Crippen MR) is 94.6 cm³/mol. The number of rotatable bonds is 5. The molecule has 1 heterocycles. The number of hydrogen-bond acceptors (Lipinski definition) is 4. The van der Waals surface area contributed by atoms with Crippen LogP contribution in [-0.2, 0) is 11.8 Å². The summed E-state index contributed by atoms with van der Waals surface area (Å²) in [5.74, 6) is 0.497. The lowest BCUT2D eigenvalue weighted by atomic mass is 10.3. The number of nitrogens with one attached hydrogen (secondary N) is 1. The molecule has 4 nitrogen and oxygen atoms in total. The Morgan fingerprint density at radius 2 is 1.95 bits per heavy atom. The van der Waals surface area contributed by atoms with Gasteiger partial charge in [-0.3, -0.25) is 4.79 Å². The summed E-state index contributed by atoms with van der Waals surface area (Å²) < 4.78 is 2.07. The van der Waals surface area contributed by atoms with Gasteiger partial charge in [0, 0.05) is 34.8 Å². The smallest absolute Gasteiger partial charge is 0.234 e. The summed E-state index contributed by atoms with van der Waals surface area (Å²) in [6, 6.07) is 7.83. The number of aromatic nitrogens is 2. The molecule has 0 spiro atoms. The van der Waals surface area contributed by atoms with Crippen molar-refractivity contribution in [2.24, 2.45) is 7.05 Å². The van der Waals surface area contributed by atoms with Gasteiger partial charge in [0.15, 0.2) is 5.16 Å². The van der Waals surface area contributed by atoms with Crippen LogP contribution in [0.2, 0.25) is 0 Å². The van der Waals surface area contributed by atoms with Gasteiger partial charge in [-0.1, -0.05) is 32.5 Å². The lowest BCUT2D eigenvalue weighted by molar-refractivity contribution is -0.113. The second-order valence-electron chi connectivity index (χ2n) is 5.90. The third-order valence-electron chi connectivity index (χ3n) is 2.76. The molecule has 0 atom stereocenters. The van der Waals surface area contributed by atoms with Crippen molar-refractivity contribution in [2.75, 3.05) is 11.1 Å². The number of carbonyl (C=O) groups is 1. The van der Waals surface area contributed by atoms with Crippen LogP contribution in [0.4, 0.5) is 5.69 Å². The van der Waals surface area contributed by atoms with Gasteiger partial charge in [-0.25, -0.2) is 4.98 Å². The molecule has 0 aliphatic rings. The van der Waals surface area contributed by atoms with E-state index in [1.165, 1.54) is 0 Å². The van der Waals surface area contributed by atoms with E-state index < -0.39 is 0 Å². The molecule has 0 bridgehead atoms. The Labute approximate surface area is 140 Å². The second-order valence-corrected chi connectivity index (χ2v) is 8.74. The first kappa shape index (κ1) is 17.0. The average molecular weight is 335 g/mol. The van der Waals surface area contributed by atoms with Gasteiger partial charge in [0.2, 0.25) is 5.91 Å². The summed E-state index contributed by atoms with van der Waals surface area (Å²) >= 11 is 3.24. The largest absolute Gasteiger partial charge is 0.329 e. The van der Waals surface area contributed by atoms with Crippen molar-refractivity contribution in [3.63, 3.8) is 0 Å². The van der Waals surface area contributed by atoms with Crippen LogP contribution in [0.15, 0.2) is 46.7 Å². The van der Waals surface area contributed by atoms with Crippen LogP contribution >= 0.6 is 23.5 Å². The van der Waals surface area contributed by atoms with E-state index in [1.807, 2.05) is 42.1 Å². The van der Waals surface area contributed by atoms with Gasteiger partial charge in [0.05, 0.1) is 5.75 Å². The van der Waals surface area contributed by atoms with Crippen LogP contribution in [0.3, 0.4) is 0 Å². The maximum Gasteiger partial charge on any atom is 0.234 e. The first-order chi connectivity index (χ1) is 10.3. The highest BCUT2D eigenvalue weighted by Gasteiger charge is 2.13. The van der Waals surface area contributed by atoms with Crippen LogP contribution in [0.5, 0.6) is 0 Å². The van der Waals surface area contributed by atoms with Crippen molar-refractivity contribution < 1.29 is 4.79 Å². The van der Waals surface area contributed by atoms with E-state index in [-0.39, 0.29) is 10.7 Å². The van der Waals surface area contributed by atoms with Gasteiger partial charge in [-0.2, -0.15) is 0 Å². The molecular weight excluding hydrogens is 314 g/mol. The minimum Gasteiger partial charge on any atom is -0.329 e. The Balaban J connectivity index is 1.89. The van der Waals surface area contributed by atoms with E-state index in [0.717, 1.165) is 15.7 Å². The quantitative estimate of drug-likeness (QED) is 0.896. The molecule has 0 saturated carbocycles. The van der Waals surface area contributed by atoms with Crippen molar-refractivity contribution in [2.45, 2.75) is 35.6 Å². The Morgan fingerprint density at radius 1 is 1.27 bits per heavy atom. The van der Waals surface area contributed by atoms with Crippen LogP contribution < -0.4 is 5.32 Å². The zero-order chi connectivity index (χ0) is 16.2. The van der Waals surface area contributed by atoms with Crippen molar-refractivity contribution in [1.82, 2.24) is 9.55 Å². The standard InChI is InChI=1S/C16H21N3OS2/c1-16(2,3)21-11-14(20)18-12-5-7-13(8-6-12)22-15-17-9-10-19(15)4/h5-10H,11H2,1-4H3,(H,18,20).